The molecule has 0 spiro atoms. The molecule has 1 heterocycles. The van der Waals surface area contributed by atoms with Gasteiger partial charge in [0.15, 0.2) is 0 Å². The Morgan fingerprint density at radius 1 is 1.43 bits per heavy atom. The van der Waals surface area contributed by atoms with Crippen LogP contribution in [0.25, 0.3) is 0 Å². The minimum Gasteiger partial charge on any atom is -0.293 e. The van der Waals surface area contributed by atoms with Crippen LogP contribution in [-0.2, 0) is 4.79 Å². The SMILES string of the molecule is C[C@@H]1C[C@H](C)CN([C@@H](C)C(=O)NN)C1. The van der Waals surface area contributed by atoms with Crippen molar-refractivity contribution in [1.29, 1.82) is 0 Å². The molecule has 1 amide bonds. The molecular formula is C10H21N3O. The standard InChI is InChI=1S/C10H21N3O/c1-7-4-8(2)6-13(5-7)9(3)10(14)12-11/h7-9H,4-6,11H2,1-3H3,(H,12,14)/t7-,8+,9-/m0/s1. The monoisotopic (exact) mass is 199 g/mol. The van der Waals surface area contributed by atoms with E-state index in [0.29, 0.717) is 11.8 Å². The molecule has 0 aromatic carbocycles. The average Bonchev–Trinajstić information content (AvgIpc) is 2.14. The van der Waals surface area contributed by atoms with Crippen LogP contribution in [0.4, 0.5) is 0 Å². The van der Waals surface area contributed by atoms with Crippen molar-refractivity contribution in [3.8, 4) is 0 Å². The Hall–Kier alpha value is -0.610. The Labute approximate surface area is 85.8 Å². The molecule has 1 fully saturated rings. The Morgan fingerprint density at radius 3 is 2.36 bits per heavy atom. The number of nitrogens with two attached hydrogens (primary N) is 1. The summed E-state index contributed by atoms with van der Waals surface area (Å²) in [5, 5.41) is 0. The van der Waals surface area contributed by atoms with Crippen molar-refractivity contribution in [3.05, 3.63) is 0 Å². The molecule has 82 valence electrons. The van der Waals surface area contributed by atoms with E-state index >= 15 is 0 Å². The first-order chi connectivity index (χ1) is 6.54. The number of hydrogen-bond donors (Lipinski definition) is 2. The van der Waals surface area contributed by atoms with Crippen molar-refractivity contribution in [3.63, 3.8) is 0 Å². The maximum atomic E-state index is 11.3. The van der Waals surface area contributed by atoms with Gasteiger partial charge in [-0.1, -0.05) is 13.8 Å². The van der Waals surface area contributed by atoms with Crippen LogP contribution in [-0.4, -0.2) is 29.9 Å². The van der Waals surface area contributed by atoms with Crippen LogP contribution in [0, 0.1) is 11.8 Å². The summed E-state index contributed by atoms with van der Waals surface area (Å²) in [6.45, 7) is 8.37. The van der Waals surface area contributed by atoms with Crippen LogP contribution in [0.3, 0.4) is 0 Å². The molecule has 1 saturated heterocycles. The van der Waals surface area contributed by atoms with E-state index in [0.717, 1.165) is 13.1 Å². The number of likely N-dealkylation sites (tertiary alicyclic amines) is 1. The van der Waals surface area contributed by atoms with Crippen LogP contribution in [0.15, 0.2) is 0 Å². The second kappa shape index (κ2) is 4.75. The molecule has 0 radical (unpaired) electrons. The molecule has 1 rings (SSSR count). The van der Waals surface area contributed by atoms with Gasteiger partial charge in [-0.3, -0.25) is 15.1 Å². The highest BCUT2D eigenvalue weighted by Gasteiger charge is 2.28. The van der Waals surface area contributed by atoms with Gasteiger partial charge < -0.3 is 0 Å². The Morgan fingerprint density at radius 2 is 1.93 bits per heavy atom. The molecule has 4 heteroatoms. The third-order valence-corrected chi connectivity index (χ3v) is 2.97. The molecule has 0 aromatic heterocycles. The third-order valence-electron chi connectivity index (χ3n) is 2.97. The fourth-order valence-electron chi connectivity index (χ4n) is 2.31. The van der Waals surface area contributed by atoms with Gasteiger partial charge in [-0.2, -0.15) is 0 Å². The van der Waals surface area contributed by atoms with E-state index in [1.807, 2.05) is 6.92 Å². The molecule has 1 aliphatic heterocycles. The lowest BCUT2D eigenvalue weighted by Crippen LogP contribution is -2.51. The number of piperidine rings is 1. The van der Waals surface area contributed by atoms with E-state index in [9.17, 15) is 4.79 Å². The van der Waals surface area contributed by atoms with Crippen LogP contribution < -0.4 is 11.3 Å². The molecule has 4 nitrogen and oxygen atoms in total. The maximum absolute atomic E-state index is 11.3. The first-order valence-corrected chi connectivity index (χ1v) is 5.29. The first-order valence-electron chi connectivity index (χ1n) is 5.29. The fraction of sp³-hybridized carbons (Fsp3) is 0.900. The van der Waals surface area contributed by atoms with Gasteiger partial charge in [-0.15, -0.1) is 0 Å². The number of nitrogens with one attached hydrogen (secondary N) is 1. The van der Waals surface area contributed by atoms with Crippen LogP contribution in [0.1, 0.15) is 27.2 Å². The van der Waals surface area contributed by atoms with Crippen molar-refractivity contribution in [2.45, 2.75) is 33.2 Å². The molecule has 0 aromatic rings. The van der Waals surface area contributed by atoms with Gasteiger partial charge in [0.2, 0.25) is 0 Å². The minimum atomic E-state index is -0.106. The Bertz CT molecular complexity index is 198. The van der Waals surface area contributed by atoms with Crippen LogP contribution >= 0.6 is 0 Å². The molecule has 0 saturated carbocycles. The van der Waals surface area contributed by atoms with Gasteiger partial charge in [-0.05, 0) is 25.2 Å². The van der Waals surface area contributed by atoms with Crippen molar-refractivity contribution >= 4 is 5.91 Å². The zero-order chi connectivity index (χ0) is 10.7. The summed E-state index contributed by atoms with van der Waals surface area (Å²) in [7, 11) is 0. The Balaban J connectivity index is 2.54. The molecule has 14 heavy (non-hydrogen) atoms. The maximum Gasteiger partial charge on any atom is 0.250 e. The summed E-state index contributed by atoms with van der Waals surface area (Å²) in [5.41, 5.74) is 2.21. The summed E-state index contributed by atoms with van der Waals surface area (Å²) < 4.78 is 0. The molecule has 1 aliphatic rings. The molecule has 3 atom stereocenters. The quantitative estimate of drug-likeness (QED) is 0.383. The summed E-state index contributed by atoms with van der Waals surface area (Å²) >= 11 is 0. The number of nitrogens with zero attached hydrogens (tertiary/aromatic N) is 1. The Kier molecular flexibility index (Phi) is 3.89. The lowest BCUT2D eigenvalue weighted by atomic mass is 9.91. The average molecular weight is 199 g/mol. The third kappa shape index (κ3) is 2.69. The molecule has 0 bridgehead atoms. The van der Waals surface area contributed by atoms with E-state index < -0.39 is 0 Å². The molecular weight excluding hydrogens is 178 g/mol. The van der Waals surface area contributed by atoms with Crippen molar-refractivity contribution in [1.82, 2.24) is 10.3 Å². The van der Waals surface area contributed by atoms with Gasteiger partial charge in [-0.25, -0.2) is 5.84 Å². The largest absolute Gasteiger partial charge is 0.293 e. The van der Waals surface area contributed by atoms with E-state index in [2.05, 4.69) is 24.2 Å². The predicted octanol–water partition coefficient (Wildman–Crippen LogP) is 0.343. The number of hydrogen-bond acceptors (Lipinski definition) is 3. The van der Waals surface area contributed by atoms with Crippen LogP contribution in [0.5, 0.6) is 0 Å². The minimum absolute atomic E-state index is 0.0914. The summed E-state index contributed by atoms with van der Waals surface area (Å²) in [6.07, 6.45) is 1.26. The first kappa shape index (κ1) is 11.5. The number of hydrazine groups is 1. The second-order valence-corrected chi connectivity index (χ2v) is 4.58. The van der Waals surface area contributed by atoms with E-state index in [1.54, 1.807) is 0 Å². The summed E-state index contributed by atoms with van der Waals surface area (Å²) in [5.74, 6) is 6.38. The van der Waals surface area contributed by atoms with Gasteiger partial charge >= 0.3 is 0 Å². The van der Waals surface area contributed by atoms with Gasteiger partial charge in [0, 0.05) is 13.1 Å². The lowest BCUT2D eigenvalue weighted by molar-refractivity contribution is -0.126. The van der Waals surface area contributed by atoms with E-state index in [4.69, 9.17) is 5.84 Å². The van der Waals surface area contributed by atoms with Crippen molar-refractivity contribution in [2.75, 3.05) is 13.1 Å². The van der Waals surface area contributed by atoms with Crippen LogP contribution in [0.2, 0.25) is 0 Å². The fourth-order valence-corrected chi connectivity index (χ4v) is 2.31. The van der Waals surface area contributed by atoms with E-state index in [1.165, 1.54) is 6.42 Å². The predicted molar refractivity (Wildman–Crippen MR) is 56.3 cm³/mol. The number of carbonyl (C=O) groups is 1. The highest BCUT2D eigenvalue weighted by Crippen LogP contribution is 2.22. The highest BCUT2D eigenvalue weighted by atomic mass is 16.2. The molecule has 0 aliphatic carbocycles. The zero-order valence-corrected chi connectivity index (χ0v) is 9.29. The smallest absolute Gasteiger partial charge is 0.250 e. The van der Waals surface area contributed by atoms with E-state index in [-0.39, 0.29) is 11.9 Å². The summed E-state index contributed by atoms with van der Waals surface area (Å²) in [4.78, 5) is 13.6. The number of amides is 1. The molecule has 0 unspecified atom stereocenters. The lowest BCUT2D eigenvalue weighted by Gasteiger charge is -2.37. The van der Waals surface area contributed by atoms with Gasteiger partial charge in [0.1, 0.15) is 0 Å². The zero-order valence-electron chi connectivity index (χ0n) is 9.29. The highest BCUT2D eigenvalue weighted by molar-refractivity contribution is 5.80. The normalized spacial score (nSPS) is 31.1. The second-order valence-electron chi connectivity index (χ2n) is 4.58. The number of rotatable bonds is 2. The van der Waals surface area contributed by atoms with Crippen molar-refractivity contribution < 1.29 is 4.79 Å². The topological polar surface area (TPSA) is 58.4 Å². The molecule has 3 N–H and O–H groups in total. The van der Waals surface area contributed by atoms with Gasteiger partial charge in [0.25, 0.3) is 5.91 Å². The van der Waals surface area contributed by atoms with Crippen molar-refractivity contribution in [2.24, 2.45) is 17.7 Å². The summed E-state index contributed by atoms with van der Waals surface area (Å²) in [6, 6.07) is -0.106. The van der Waals surface area contributed by atoms with Gasteiger partial charge in [0.05, 0.1) is 6.04 Å². The number of carbonyl (C=O) groups excluding carboxylic acids is 1.